The Hall–Kier alpha value is -1.66. The number of carbonyl (C=O) groups excluding carboxylic acids is 1. The molecule has 1 aliphatic heterocycles. The van der Waals surface area contributed by atoms with Gasteiger partial charge in [0.25, 0.3) is 0 Å². The molecule has 1 aromatic carbocycles. The SMILES string of the molecule is CC(CN(C)C(=O)NC1CCCN(c2ccc(Cl)cc2Cl)C1)C(=O)O. The topological polar surface area (TPSA) is 72.9 Å². The monoisotopic (exact) mass is 387 g/mol. The highest BCUT2D eigenvalue weighted by atomic mass is 35.5. The highest BCUT2D eigenvalue weighted by Gasteiger charge is 2.25. The molecular formula is C17H23Cl2N3O3. The molecule has 138 valence electrons. The van der Waals surface area contributed by atoms with E-state index in [1.807, 2.05) is 6.07 Å². The Bertz CT molecular complexity index is 642. The Labute approximate surface area is 157 Å². The van der Waals surface area contributed by atoms with Crippen molar-refractivity contribution in [2.75, 3.05) is 31.6 Å². The molecule has 1 aromatic rings. The summed E-state index contributed by atoms with van der Waals surface area (Å²) in [6.45, 7) is 3.26. The fourth-order valence-electron chi connectivity index (χ4n) is 2.91. The van der Waals surface area contributed by atoms with Crippen LogP contribution >= 0.6 is 23.2 Å². The summed E-state index contributed by atoms with van der Waals surface area (Å²) in [5, 5.41) is 13.1. The van der Waals surface area contributed by atoms with Gasteiger partial charge in [-0.25, -0.2) is 4.79 Å². The lowest BCUT2D eigenvalue weighted by Crippen LogP contribution is -2.51. The summed E-state index contributed by atoms with van der Waals surface area (Å²) in [7, 11) is 1.60. The van der Waals surface area contributed by atoms with Gasteiger partial charge in [-0.1, -0.05) is 30.1 Å². The zero-order valence-corrected chi connectivity index (χ0v) is 15.8. The lowest BCUT2D eigenvalue weighted by Gasteiger charge is -2.36. The first-order valence-electron chi connectivity index (χ1n) is 8.22. The minimum atomic E-state index is -0.916. The maximum atomic E-state index is 12.3. The number of carboxylic acids is 1. The molecule has 2 atom stereocenters. The van der Waals surface area contributed by atoms with Gasteiger partial charge in [0.05, 0.1) is 16.6 Å². The van der Waals surface area contributed by atoms with Crippen molar-refractivity contribution in [2.45, 2.75) is 25.8 Å². The van der Waals surface area contributed by atoms with Gasteiger partial charge in [0.15, 0.2) is 0 Å². The lowest BCUT2D eigenvalue weighted by atomic mass is 10.0. The van der Waals surface area contributed by atoms with Crippen LogP contribution in [0, 0.1) is 5.92 Å². The molecule has 1 fully saturated rings. The fourth-order valence-corrected chi connectivity index (χ4v) is 3.44. The molecule has 0 spiro atoms. The number of hydrogen-bond acceptors (Lipinski definition) is 3. The van der Waals surface area contributed by atoms with Crippen LogP contribution in [-0.2, 0) is 4.79 Å². The number of carboxylic acid groups (broad SMARTS) is 1. The van der Waals surface area contributed by atoms with Crippen LogP contribution in [0.2, 0.25) is 10.0 Å². The van der Waals surface area contributed by atoms with E-state index in [9.17, 15) is 9.59 Å². The Kier molecular flexibility index (Phi) is 6.79. The van der Waals surface area contributed by atoms with Crippen molar-refractivity contribution >= 4 is 40.9 Å². The van der Waals surface area contributed by atoms with Crippen LogP contribution in [0.1, 0.15) is 19.8 Å². The third kappa shape index (κ3) is 5.41. The van der Waals surface area contributed by atoms with Gasteiger partial charge in [-0.3, -0.25) is 4.79 Å². The molecule has 0 radical (unpaired) electrons. The number of benzene rings is 1. The third-order valence-electron chi connectivity index (χ3n) is 4.32. The molecule has 8 heteroatoms. The van der Waals surface area contributed by atoms with Crippen molar-refractivity contribution in [3.63, 3.8) is 0 Å². The number of piperidine rings is 1. The lowest BCUT2D eigenvalue weighted by molar-refractivity contribution is -0.141. The Balaban J connectivity index is 1.94. The van der Waals surface area contributed by atoms with Gasteiger partial charge >= 0.3 is 12.0 Å². The highest BCUT2D eigenvalue weighted by molar-refractivity contribution is 6.36. The largest absolute Gasteiger partial charge is 0.481 e. The summed E-state index contributed by atoms with van der Waals surface area (Å²) in [6, 6.07) is 5.11. The second-order valence-electron chi connectivity index (χ2n) is 6.45. The number of rotatable bonds is 5. The number of aliphatic carboxylic acids is 1. The van der Waals surface area contributed by atoms with Crippen molar-refractivity contribution in [2.24, 2.45) is 5.92 Å². The van der Waals surface area contributed by atoms with E-state index in [1.165, 1.54) is 4.90 Å². The molecule has 2 unspecified atom stereocenters. The number of anilines is 1. The van der Waals surface area contributed by atoms with Crippen molar-refractivity contribution in [3.8, 4) is 0 Å². The molecule has 2 rings (SSSR count). The first-order valence-corrected chi connectivity index (χ1v) is 8.98. The first-order chi connectivity index (χ1) is 11.8. The van der Waals surface area contributed by atoms with Crippen molar-refractivity contribution in [1.29, 1.82) is 0 Å². The zero-order chi connectivity index (χ0) is 18.6. The van der Waals surface area contributed by atoms with Gasteiger partial charge < -0.3 is 20.2 Å². The van der Waals surface area contributed by atoms with Crippen LogP contribution in [0.5, 0.6) is 0 Å². The molecule has 0 saturated carbocycles. The predicted molar refractivity (Wildman–Crippen MR) is 99.7 cm³/mol. The normalized spacial score (nSPS) is 18.6. The van der Waals surface area contributed by atoms with Gasteiger partial charge in [0.2, 0.25) is 0 Å². The van der Waals surface area contributed by atoms with E-state index in [4.69, 9.17) is 28.3 Å². The Morgan fingerprint density at radius 3 is 2.80 bits per heavy atom. The molecule has 6 nitrogen and oxygen atoms in total. The first kappa shape index (κ1) is 19.7. The summed E-state index contributed by atoms with van der Waals surface area (Å²) in [5.74, 6) is -1.52. The number of nitrogens with zero attached hydrogens (tertiary/aromatic N) is 2. The molecule has 1 aliphatic rings. The maximum Gasteiger partial charge on any atom is 0.317 e. The number of nitrogens with one attached hydrogen (secondary N) is 1. The summed E-state index contributed by atoms with van der Waals surface area (Å²) in [6.07, 6.45) is 1.80. The fraction of sp³-hybridized carbons (Fsp3) is 0.529. The molecule has 1 saturated heterocycles. The van der Waals surface area contributed by atoms with Gasteiger partial charge in [0.1, 0.15) is 0 Å². The van der Waals surface area contributed by atoms with E-state index >= 15 is 0 Å². The third-order valence-corrected chi connectivity index (χ3v) is 4.85. The molecule has 0 aliphatic carbocycles. The molecule has 2 amide bonds. The molecular weight excluding hydrogens is 365 g/mol. The number of carbonyl (C=O) groups is 2. The quantitative estimate of drug-likeness (QED) is 0.812. The van der Waals surface area contributed by atoms with Crippen molar-refractivity contribution < 1.29 is 14.7 Å². The average molecular weight is 388 g/mol. The summed E-state index contributed by atoms with van der Waals surface area (Å²) in [5.41, 5.74) is 0.901. The number of amides is 2. The standard InChI is InChI=1S/C17H23Cl2N3O3/c1-11(16(23)24)9-21(2)17(25)20-13-4-3-7-22(10-13)15-6-5-12(18)8-14(15)19/h5-6,8,11,13H,3-4,7,9-10H2,1-2H3,(H,20,25)(H,23,24). The van der Waals surface area contributed by atoms with Crippen LogP contribution in [0.15, 0.2) is 18.2 Å². The second-order valence-corrected chi connectivity index (χ2v) is 7.29. The Morgan fingerprint density at radius 1 is 1.44 bits per heavy atom. The van der Waals surface area contributed by atoms with E-state index in [1.54, 1.807) is 26.1 Å². The number of hydrogen-bond donors (Lipinski definition) is 2. The maximum absolute atomic E-state index is 12.3. The summed E-state index contributed by atoms with van der Waals surface area (Å²) >= 11 is 12.2. The molecule has 2 N–H and O–H groups in total. The van der Waals surface area contributed by atoms with Crippen LogP contribution in [0.4, 0.5) is 10.5 Å². The highest BCUT2D eigenvalue weighted by Crippen LogP contribution is 2.30. The Morgan fingerprint density at radius 2 is 2.16 bits per heavy atom. The minimum absolute atomic E-state index is 0.0180. The van der Waals surface area contributed by atoms with Crippen LogP contribution in [0.3, 0.4) is 0 Å². The molecule has 25 heavy (non-hydrogen) atoms. The predicted octanol–water partition coefficient (Wildman–Crippen LogP) is 3.32. The van der Waals surface area contributed by atoms with Gasteiger partial charge in [-0.05, 0) is 31.0 Å². The van der Waals surface area contributed by atoms with E-state index in [2.05, 4.69) is 10.2 Å². The van der Waals surface area contributed by atoms with Crippen LogP contribution in [0.25, 0.3) is 0 Å². The minimum Gasteiger partial charge on any atom is -0.481 e. The van der Waals surface area contributed by atoms with Crippen LogP contribution < -0.4 is 10.2 Å². The van der Waals surface area contributed by atoms with E-state index in [-0.39, 0.29) is 18.6 Å². The van der Waals surface area contributed by atoms with E-state index in [0.717, 1.165) is 25.1 Å². The number of halogens is 2. The van der Waals surface area contributed by atoms with Crippen molar-refractivity contribution in [1.82, 2.24) is 10.2 Å². The molecule has 1 heterocycles. The zero-order valence-electron chi connectivity index (χ0n) is 14.3. The van der Waals surface area contributed by atoms with E-state index < -0.39 is 11.9 Å². The van der Waals surface area contributed by atoms with Crippen LogP contribution in [-0.4, -0.2) is 54.7 Å². The van der Waals surface area contributed by atoms with Gasteiger partial charge in [0, 0.05) is 37.7 Å². The molecule has 0 bridgehead atoms. The number of urea groups is 1. The molecule has 0 aromatic heterocycles. The average Bonchev–Trinajstić information content (AvgIpc) is 2.54. The summed E-state index contributed by atoms with van der Waals surface area (Å²) < 4.78 is 0. The van der Waals surface area contributed by atoms with Gasteiger partial charge in [-0.2, -0.15) is 0 Å². The smallest absolute Gasteiger partial charge is 0.317 e. The van der Waals surface area contributed by atoms with E-state index in [0.29, 0.717) is 16.6 Å². The second kappa shape index (κ2) is 8.63. The van der Waals surface area contributed by atoms with Gasteiger partial charge in [-0.15, -0.1) is 0 Å². The van der Waals surface area contributed by atoms with Crippen molar-refractivity contribution in [3.05, 3.63) is 28.2 Å². The summed E-state index contributed by atoms with van der Waals surface area (Å²) in [4.78, 5) is 26.7.